The predicted molar refractivity (Wildman–Crippen MR) is 90.3 cm³/mol. The van der Waals surface area contributed by atoms with E-state index < -0.39 is 0 Å². The van der Waals surface area contributed by atoms with E-state index in [2.05, 4.69) is 22.4 Å². The molecule has 0 spiro atoms. The maximum atomic E-state index is 12.8. The number of aromatic amines is 1. The molecule has 0 radical (unpaired) electrons. The van der Waals surface area contributed by atoms with Crippen LogP contribution in [0.4, 0.5) is 0 Å². The molecule has 0 unspecified atom stereocenters. The van der Waals surface area contributed by atoms with Crippen LogP contribution in [0.25, 0.3) is 0 Å². The van der Waals surface area contributed by atoms with Crippen LogP contribution in [0.3, 0.4) is 0 Å². The Hall–Kier alpha value is -1.32. The molecule has 0 aliphatic heterocycles. The average Bonchev–Trinajstić information content (AvgIpc) is 3.22. The lowest BCUT2D eigenvalue weighted by molar-refractivity contribution is 0.0909. The van der Waals surface area contributed by atoms with Crippen LogP contribution in [0.15, 0.2) is 0 Å². The number of hydrogen-bond acceptors (Lipinski definition) is 2. The fourth-order valence-electron chi connectivity index (χ4n) is 5.31. The minimum absolute atomic E-state index is 0.0401. The molecule has 4 nitrogen and oxygen atoms in total. The summed E-state index contributed by atoms with van der Waals surface area (Å²) in [6.45, 7) is 2.19. The van der Waals surface area contributed by atoms with Crippen LogP contribution in [0.5, 0.6) is 0 Å². The fraction of sp³-hybridized carbons (Fsp3) is 0.789. The molecule has 2 N–H and O–H groups in total. The number of hydrogen-bond donors (Lipinski definition) is 2. The van der Waals surface area contributed by atoms with E-state index in [-0.39, 0.29) is 11.9 Å². The number of aryl methyl sites for hydroxylation is 1. The first kappa shape index (κ1) is 15.2. The van der Waals surface area contributed by atoms with Gasteiger partial charge in [-0.05, 0) is 69.6 Å². The molecule has 2 bridgehead atoms. The highest BCUT2D eigenvalue weighted by Gasteiger charge is 2.42. The zero-order valence-corrected chi connectivity index (χ0v) is 14.2. The molecule has 1 heterocycles. The van der Waals surface area contributed by atoms with Gasteiger partial charge in [0, 0.05) is 17.3 Å². The maximum Gasteiger partial charge on any atom is 0.272 e. The highest BCUT2D eigenvalue weighted by atomic mass is 16.2. The van der Waals surface area contributed by atoms with Gasteiger partial charge in [-0.15, -0.1) is 0 Å². The summed E-state index contributed by atoms with van der Waals surface area (Å²) >= 11 is 0. The number of H-pyrrole nitrogens is 1. The van der Waals surface area contributed by atoms with Crippen molar-refractivity contribution in [1.82, 2.24) is 15.5 Å². The summed E-state index contributed by atoms with van der Waals surface area (Å²) in [5.74, 6) is 2.49. The zero-order valence-electron chi connectivity index (χ0n) is 14.2. The quantitative estimate of drug-likeness (QED) is 0.895. The molecule has 3 aliphatic rings. The Morgan fingerprint density at radius 3 is 2.74 bits per heavy atom. The van der Waals surface area contributed by atoms with Gasteiger partial charge in [0.15, 0.2) is 5.69 Å². The summed E-state index contributed by atoms with van der Waals surface area (Å²) in [7, 11) is 0. The summed E-state index contributed by atoms with van der Waals surface area (Å²) in [4.78, 5) is 12.8. The second-order valence-electron chi connectivity index (χ2n) is 8.04. The first-order chi connectivity index (χ1) is 11.2. The van der Waals surface area contributed by atoms with Crippen LogP contribution in [-0.2, 0) is 12.8 Å². The molecule has 1 aromatic heterocycles. The van der Waals surface area contributed by atoms with Crippen molar-refractivity contribution in [3.8, 4) is 0 Å². The molecule has 4 heteroatoms. The molecular weight excluding hydrogens is 286 g/mol. The predicted octanol–water partition coefficient (Wildman–Crippen LogP) is 3.62. The SMILES string of the molecule is C[C@H](NC(=O)c1n[nH]c2c1CCCCCC2)[C@@H]1C[C@H]2CC[C@H]1C2. The molecule has 2 fully saturated rings. The number of aromatic nitrogens is 2. The highest BCUT2D eigenvalue weighted by molar-refractivity contribution is 5.94. The van der Waals surface area contributed by atoms with E-state index in [9.17, 15) is 4.79 Å². The zero-order chi connectivity index (χ0) is 15.8. The smallest absolute Gasteiger partial charge is 0.272 e. The van der Waals surface area contributed by atoms with Crippen molar-refractivity contribution in [3.05, 3.63) is 17.0 Å². The number of fused-ring (bicyclic) bond motifs is 3. The van der Waals surface area contributed by atoms with Gasteiger partial charge in [0.25, 0.3) is 5.91 Å². The van der Waals surface area contributed by atoms with Crippen molar-refractivity contribution >= 4 is 5.91 Å². The van der Waals surface area contributed by atoms with Gasteiger partial charge in [0.2, 0.25) is 0 Å². The lowest BCUT2D eigenvalue weighted by atomic mass is 9.84. The highest BCUT2D eigenvalue weighted by Crippen LogP contribution is 2.49. The molecule has 4 atom stereocenters. The molecule has 0 saturated heterocycles. The van der Waals surface area contributed by atoms with E-state index in [0.29, 0.717) is 11.6 Å². The van der Waals surface area contributed by atoms with Crippen molar-refractivity contribution in [2.24, 2.45) is 17.8 Å². The Kier molecular flexibility index (Phi) is 4.16. The minimum Gasteiger partial charge on any atom is -0.348 e. The second kappa shape index (κ2) is 6.29. The van der Waals surface area contributed by atoms with Gasteiger partial charge in [-0.25, -0.2) is 0 Å². The number of nitrogens with zero attached hydrogens (tertiary/aromatic N) is 1. The van der Waals surface area contributed by atoms with Crippen LogP contribution < -0.4 is 5.32 Å². The summed E-state index contributed by atoms with van der Waals surface area (Å²) in [6, 6.07) is 0.277. The summed E-state index contributed by atoms with van der Waals surface area (Å²) in [5, 5.41) is 10.8. The molecule has 1 aromatic rings. The van der Waals surface area contributed by atoms with Gasteiger partial charge in [0.1, 0.15) is 0 Å². The molecule has 126 valence electrons. The van der Waals surface area contributed by atoms with Crippen molar-refractivity contribution in [2.45, 2.75) is 77.2 Å². The van der Waals surface area contributed by atoms with Crippen molar-refractivity contribution in [2.75, 3.05) is 0 Å². The average molecular weight is 315 g/mol. The van der Waals surface area contributed by atoms with Crippen LogP contribution in [0.2, 0.25) is 0 Å². The van der Waals surface area contributed by atoms with E-state index >= 15 is 0 Å². The third kappa shape index (κ3) is 2.92. The van der Waals surface area contributed by atoms with Crippen molar-refractivity contribution < 1.29 is 4.79 Å². The number of carbonyl (C=O) groups excluding carboxylic acids is 1. The maximum absolute atomic E-state index is 12.8. The van der Waals surface area contributed by atoms with E-state index in [4.69, 9.17) is 0 Å². The first-order valence-electron chi connectivity index (χ1n) is 9.59. The fourth-order valence-corrected chi connectivity index (χ4v) is 5.31. The van der Waals surface area contributed by atoms with Gasteiger partial charge >= 0.3 is 0 Å². The van der Waals surface area contributed by atoms with E-state index in [1.54, 1.807) is 0 Å². The Balaban J connectivity index is 1.44. The van der Waals surface area contributed by atoms with Crippen LogP contribution >= 0.6 is 0 Å². The monoisotopic (exact) mass is 315 g/mol. The molecule has 4 rings (SSSR count). The number of nitrogens with one attached hydrogen (secondary N) is 2. The number of amides is 1. The standard InChI is InChI=1S/C19H29N3O/c1-12(16-11-13-8-9-14(16)10-13)20-19(23)18-15-6-4-2-3-5-7-17(15)21-22-18/h12-14,16H,2-11H2,1H3,(H,20,23)(H,21,22)/t12-,13-,14-,16-/m0/s1. The Bertz CT molecular complexity index is 579. The van der Waals surface area contributed by atoms with Crippen LogP contribution in [-0.4, -0.2) is 22.1 Å². The Labute approximate surface area is 138 Å². The summed E-state index contributed by atoms with van der Waals surface area (Å²) in [5.41, 5.74) is 3.04. The minimum atomic E-state index is 0.0401. The van der Waals surface area contributed by atoms with E-state index in [1.807, 2.05) is 0 Å². The van der Waals surface area contributed by atoms with E-state index in [1.165, 1.54) is 62.6 Å². The van der Waals surface area contributed by atoms with Crippen LogP contribution in [0.1, 0.15) is 80.0 Å². The Morgan fingerprint density at radius 2 is 2.00 bits per heavy atom. The first-order valence-corrected chi connectivity index (χ1v) is 9.59. The third-order valence-corrected chi connectivity index (χ3v) is 6.57. The van der Waals surface area contributed by atoms with Gasteiger partial charge in [-0.3, -0.25) is 9.89 Å². The van der Waals surface area contributed by atoms with Crippen LogP contribution in [0, 0.1) is 17.8 Å². The molecule has 0 aromatic carbocycles. The Morgan fingerprint density at radius 1 is 1.17 bits per heavy atom. The van der Waals surface area contributed by atoms with Crippen molar-refractivity contribution in [3.63, 3.8) is 0 Å². The molecule has 3 aliphatic carbocycles. The summed E-state index contributed by atoms with van der Waals surface area (Å²) < 4.78 is 0. The van der Waals surface area contributed by atoms with Gasteiger partial charge in [-0.2, -0.15) is 5.10 Å². The lowest BCUT2D eigenvalue weighted by Crippen LogP contribution is -2.40. The molecule has 1 amide bonds. The van der Waals surface area contributed by atoms with Gasteiger partial charge in [0.05, 0.1) is 0 Å². The van der Waals surface area contributed by atoms with Gasteiger partial charge < -0.3 is 5.32 Å². The molecule has 23 heavy (non-hydrogen) atoms. The normalized spacial score (nSPS) is 31.3. The largest absolute Gasteiger partial charge is 0.348 e. The molecular formula is C19H29N3O. The summed E-state index contributed by atoms with van der Waals surface area (Å²) in [6.07, 6.45) is 12.5. The molecule has 2 saturated carbocycles. The van der Waals surface area contributed by atoms with E-state index in [0.717, 1.165) is 24.7 Å². The third-order valence-electron chi connectivity index (χ3n) is 6.57. The number of rotatable bonds is 3. The van der Waals surface area contributed by atoms with Crippen molar-refractivity contribution in [1.29, 1.82) is 0 Å². The lowest BCUT2D eigenvalue weighted by Gasteiger charge is -2.28. The second-order valence-corrected chi connectivity index (χ2v) is 8.04. The topological polar surface area (TPSA) is 57.8 Å². The van der Waals surface area contributed by atoms with Gasteiger partial charge in [-0.1, -0.05) is 19.3 Å². The number of carbonyl (C=O) groups is 1.